The predicted octanol–water partition coefficient (Wildman–Crippen LogP) is 3.47. The summed E-state index contributed by atoms with van der Waals surface area (Å²) in [6.45, 7) is 7.39. The fraction of sp³-hybridized carbons (Fsp3) is 0.706. The van der Waals surface area contributed by atoms with E-state index in [1.54, 1.807) is 0 Å². The van der Waals surface area contributed by atoms with Crippen LogP contribution in [0.5, 0.6) is 0 Å². The zero-order valence-corrected chi connectivity index (χ0v) is 17.1. The molecule has 1 aliphatic heterocycles. The van der Waals surface area contributed by atoms with Crippen LogP contribution in [0.15, 0.2) is 22.5 Å². The number of thiophene rings is 1. The summed E-state index contributed by atoms with van der Waals surface area (Å²) in [6, 6.07) is 4.86. The Labute approximate surface area is 161 Å². The number of aliphatic imine (C=N–C) groups is 1. The summed E-state index contributed by atoms with van der Waals surface area (Å²) in [5.74, 6) is 1.85. The SMILES string of the molecule is CCNC(=NCC(c1cccs1)N1CCCC1)NCC1CC1.I. The molecular weight excluding hydrogens is 419 g/mol. The largest absolute Gasteiger partial charge is 0.357 e. The molecule has 23 heavy (non-hydrogen) atoms. The third-order valence-electron chi connectivity index (χ3n) is 4.47. The van der Waals surface area contributed by atoms with Crippen LogP contribution in [-0.4, -0.2) is 43.6 Å². The third kappa shape index (κ3) is 5.90. The molecule has 3 rings (SSSR count). The molecule has 1 aromatic rings. The van der Waals surface area contributed by atoms with E-state index in [4.69, 9.17) is 4.99 Å². The second-order valence-electron chi connectivity index (χ2n) is 6.32. The molecule has 1 aliphatic carbocycles. The van der Waals surface area contributed by atoms with Crippen LogP contribution in [0.1, 0.15) is 43.5 Å². The Balaban J connectivity index is 0.00000192. The maximum atomic E-state index is 4.87. The number of nitrogens with zero attached hydrogens (tertiary/aromatic N) is 2. The van der Waals surface area contributed by atoms with E-state index in [1.165, 1.54) is 43.6 Å². The highest BCUT2D eigenvalue weighted by molar-refractivity contribution is 14.0. The second-order valence-corrected chi connectivity index (χ2v) is 7.30. The topological polar surface area (TPSA) is 39.7 Å². The molecular formula is C17H29IN4S. The Hall–Kier alpha value is -0.340. The molecule has 0 amide bonds. The summed E-state index contributed by atoms with van der Waals surface area (Å²) in [6.07, 6.45) is 5.40. The van der Waals surface area contributed by atoms with Gasteiger partial charge < -0.3 is 10.6 Å². The van der Waals surface area contributed by atoms with E-state index in [2.05, 4.69) is 40.0 Å². The first-order valence-corrected chi connectivity index (χ1v) is 9.54. The molecule has 2 N–H and O–H groups in total. The number of hydrogen-bond donors (Lipinski definition) is 2. The van der Waals surface area contributed by atoms with Gasteiger partial charge in [-0.05, 0) is 63.1 Å². The van der Waals surface area contributed by atoms with Crippen molar-refractivity contribution in [2.45, 2.75) is 38.6 Å². The molecule has 0 aromatic carbocycles. The number of rotatable bonds is 7. The second kappa shape index (κ2) is 9.84. The highest BCUT2D eigenvalue weighted by Crippen LogP contribution is 2.29. The molecule has 0 spiro atoms. The average molecular weight is 448 g/mol. The smallest absolute Gasteiger partial charge is 0.191 e. The van der Waals surface area contributed by atoms with Gasteiger partial charge in [0.1, 0.15) is 0 Å². The molecule has 1 saturated heterocycles. The first kappa shape index (κ1) is 19.0. The maximum Gasteiger partial charge on any atom is 0.191 e. The van der Waals surface area contributed by atoms with Gasteiger partial charge in [-0.3, -0.25) is 9.89 Å². The van der Waals surface area contributed by atoms with E-state index in [0.717, 1.165) is 31.5 Å². The van der Waals surface area contributed by atoms with Crippen molar-refractivity contribution < 1.29 is 0 Å². The van der Waals surface area contributed by atoms with Crippen LogP contribution in [-0.2, 0) is 0 Å². The molecule has 130 valence electrons. The van der Waals surface area contributed by atoms with E-state index in [1.807, 2.05) is 11.3 Å². The minimum absolute atomic E-state index is 0. The number of halogens is 1. The first-order chi connectivity index (χ1) is 10.9. The van der Waals surface area contributed by atoms with Crippen molar-refractivity contribution in [3.05, 3.63) is 22.4 Å². The van der Waals surface area contributed by atoms with Crippen LogP contribution in [0.25, 0.3) is 0 Å². The van der Waals surface area contributed by atoms with Crippen LogP contribution in [0.2, 0.25) is 0 Å². The molecule has 0 radical (unpaired) electrons. The minimum Gasteiger partial charge on any atom is -0.357 e. The Bertz CT molecular complexity index is 467. The van der Waals surface area contributed by atoms with Gasteiger partial charge in [0.05, 0.1) is 12.6 Å². The third-order valence-corrected chi connectivity index (χ3v) is 5.45. The molecule has 1 saturated carbocycles. The normalized spacial score (nSPS) is 20.1. The zero-order chi connectivity index (χ0) is 15.2. The summed E-state index contributed by atoms with van der Waals surface area (Å²) in [4.78, 5) is 8.92. The molecule has 2 fully saturated rings. The van der Waals surface area contributed by atoms with Gasteiger partial charge >= 0.3 is 0 Å². The van der Waals surface area contributed by atoms with Crippen molar-refractivity contribution in [1.82, 2.24) is 15.5 Å². The van der Waals surface area contributed by atoms with Crippen LogP contribution in [0.4, 0.5) is 0 Å². The summed E-state index contributed by atoms with van der Waals surface area (Å²) < 4.78 is 0. The van der Waals surface area contributed by atoms with Gasteiger partial charge in [0, 0.05) is 18.0 Å². The molecule has 4 nitrogen and oxygen atoms in total. The molecule has 1 unspecified atom stereocenters. The number of likely N-dealkylation sites (tertiary alicyclic amines) is 1. The fourth-order valence-electron chi connectivity index (χ4n) is 3.00. The van der Waals surface area contributed by atoms with Crippen LogP contribution >= 0.6 is 35.3 Å². The standard InChI is InChI=1S/C17H28N4S.HI/c1-2-18-17(19-12-14-7-8-14)20-13-15(16-6-5-11-22-16)21-9-3-4-10-21;/h5-6,11,14-15H,2-4,7-10,12-13H2,1H3,(H2,18,19,20);1H. The lowest BCUT2D eigenvalue weighted by molar-refractivity contribution is 0.255. The zero-order valence-electron chi connectivity index (χ0n) is 14.0. The highest BCUT2D eigenvalue weighted by atomic mass is 127. The van der Waals surface area contributed by atoms with Crippen molar-refractivity contribution >= 4 is 41.3 Å². The van der Waals surface area contributed by atoms with Gasteiger partial charge in [-0.15, -0.1) is 35.3 Å². The lowest BCUT2D eigenvalue weighted by Gasteiger charge is -2.25. The van der Waals surface area contributed by atoms with Crippen LogP contribution < -0.4 is 10.6 Å². The van der Waals surface area contributed by atoms with Gasteiger partial charge in [0.25, 0.3) is 0 Å². The Morgan fingerprint density at radius 2 is 2.13 bits per heavy atom. The molecule has 2 heterocycles. The Morgan fingerprint density at radius 3 is 2.74 bits per heavy atom. The predicted molar refractivity (Wildman–Crippen MR) is 110 cm³/mol. The molecule has 2 aliphatic rings. The van der Waals surface area contributed by atoms with E-state index in [9.17, 15) is 0 Å². The molecule has 0 bridgehead atoms. The Kier molecular flexibility index (Phi) is 8.12. The first-order valence-electron chi connectivity index (χ1n) is 8.66. The van der Waals surface area contributed by atoms with Gasteiger partial charge in [-0.2, -0.15) is 0 Å². The number of hydrogen-bond acceptors (Lipinski definition) is 3. The van der Waals surface area contributed by atoms with Gasteiger partial charge in [0.15, 0.2) is 5.96 Å². The average Bonchev–Trinajstić information content (AvgIpc) is 3.00. The van der Waals surface area contributed by atoms with E-state index >= 15 is 0 Å². The van der Waals surface area contributed by atoms with Crippen molar-refractivity contribution in [3.8, 4) is 0 Å². The summed E-state index contributed by atoms with van der Waals surface area (Å²) in [7, 11) is 0. The fourth-order valence-corrected chi connectivity index (χ4v) is 3.85. The van der Waals surface area contributed by atoms with Crippen molar-refractivity contribution in [2.75, 3.05) is 32.7 Å². The minimum atomic E-state index is 0. The monoisotopic (exact) mass is 448 g/mol. The summed E-state index contributed by atoms with van der Waals surface area (Å²) >= 11 is 1.86. The van der Waals surface area contributed by atoms with Crippen LogP contribution in [0.3, 0.4) is 0 Å². The molecule has 6 heteroatoms. The summed E-state index contributed by atoms with van der Waals surface area (Å²) in [5.41, 5.74) is 0. The van der Waals surface area contributed by atoms with Gasteiger partial charge in [0.2, 0.25) is 0 Å². The quantitative estimate of drug-likeness (QED) is 0.381. The van der Waals surface area contributed by atoms with Crippen LogP contribution in [0, 0.1) is 5.92 Å². The lowest BCUT2D eigenvalue weighted by atomic mass is 10.2. The van der Waals surface area contributed by atoms with Crippen molar-refractivity contribution in [3.63, 3.8) is 0 Å². The lowest BCUT2D eigenvalue weighted by Crippen LogP contribution is -2.39. The van der Waals surface area contributed by atoms with E-state index in [0.29, 0.717) is 6.04 Å². The van der Waals surface area contributed by atoms with Gasteiger partial charge in [-0.1, -0.05) is 6.07 Å². The number of nitrogens with one attached hydrogen (secondary N) is 2. The number of guanidine groups is 1. The molecule has 1 atom stereocenters. The van der Waals surface area contributed by atoms with Gasteiger partial charge in [-0.25, -0.2) is 0 Å². The maximum absolute atomic E-state index is 4.87. The Morgan fingerprint density at radius 1 is 1.35 bits per heavy atom. The highest BCUT2D eigenvalue weighted by Gasteiger charge is 2.24. The molecule has 1 aromatic heterocycles. The van der Waals surface area contributed by atoms with Crippen molar-refractivity contribution in [1.29, 1.82) is 0 Å². The summed E-state index contributed by atoms with van der Waals surface area (Å²) in [5, 5.41) is 9.06. The van der Waals surface area contributed by atoms with E-state index < -0.39 is 0 Å². The van der Waals surface area contributed by atoms with E-state index in [-0.39, 0.29) is 24.0 Å². The van der Waals surface area contributed by atoms with Crippen molar-refractivity contribution in [2.24, 2.45) is 10.9 Å².